The summed E-state index contributed by atoms with van der Waals surface area (Å²) in [7, 11) is 0. The van der Waals surface area contributed by atoms with Crippen LogP contribution in [0.15, 0.2) is 36.4 Å². The van der Waals surface area contributed by atoms with Gasteiger partial charge in [-0.05, 0) is 48.5 Å². The van der Waals surface area contributed by atoms with Gasteiger partial charge in [-0.3, -0.25) is 0 Å². The van der Waals surface area contributed by atoms with Gasteiger partial charge in [0.25, 0.3) is 0 Å². The van der Waals surface area contributed by atoms with E-state index in [0.29, 0.717) is 0 Å². The average Bonchev–Trinajstić information content (AvgIpc) is 2.45. The first-order chi connectivity index (χ1) is 9.75. The summed E-state index contributed by atoms with van der Waals surface area (Å²) in [5, 5.41) is 0. The Morgan fingerprint density at radius 2 is 0.900 bits per heavy atom. The third kappa shape index (κ3) is 2.91. The summed E-state index contributed by atoms with van der Waals surface area (Å²) in [6.45, 7) is 4.60. The third-order valence-corrected chi connectivity index (χ3v) is 6.50. The van der Waals surface area contributed by atoms with Crippen LogP contribution in [0.3, 0.4) is 0 Å². The van der Waals surface area contributed by atoms with E-state index in [1.165, 1.54) is 79.9 Å². The van der Waals surface area contributed by atoms with Crippen molar-refractivity contribution in [1.82, 2.24) is 0 Å². The van der Waals surface area contributed by atoms with Gasteiger partial charge in [-0.15, -0.1) is 0 Å². The summed E-state index contributed by atoms with van der Waals surface area (Å²) in [5.41, 5.74) is 9.19. The van der Waals surface area contributed by atoms with Crippen molar-refractivity contribution in [2.75, 3.05) is 0 Å². The zero-order chi connectivity index (χ0) is 13.9. The minimum absolute atomic E-state index is 1.18. The third-order valence-electron chi connectivity index (χ3n) is 4.24. The van der Waals surface area contributed by atoms with Crippen molar-refractivity contribution < 1.29 is 0 Å². The summed E-state index contributed by atoms with van der Waals surface area (Å²) in [5.74, 6) is 4.72. The number of rotatable bonds is 0. The van der Waals surface area contributed by atoms with Crippen LogP contribution in [-0.4, -0.2) is 0 Å². The van der Waals surface area contributed by atoms with E-state index < -0.39 is 0 Å². The molecule has 0 amide bonds. The lowest BCUT2D eigenvalue weighted by atomic mass is 10.0. The monoisotopic (exact) mass is 302 g/mol. The van der Waals surface area contributed by atoms with E-state index in [1.54, 1.807) is 0 Å². The van der Waals surface area contributed by atoms with E-state index in [1.807, 2.05) is 0 Å². The molecule has 3 rings (SSSR count). The first kappa shape index (κ1) is 14.1. The van der Waals surface area contributed by atoms with E-state index in [9.17, 15) is 0 Å². The second-order valence-corrected chi connectivity index (χ2v) is 7.64. The van der Waals surface area contributed by atoms with Gasteiger partial charge >= 0.3 is 0 Å². The number of thiol groups is 2. The van der Waals surface area contributed by atoms with Crippen molar-refractivity contribution in [2.24, 2.45) is 0 Å². The highest BCUT2D eigenvalue weighted by molar-refractivity contribution is 7.77. The Morgan fingerprint density at radius 1 is 0.600 bits per heavy atom. The molecule has 0 unspecified atom stereocenters. The molecule has 2 aromatic rings. The molecule has 2 heteroatoms. The molecule has 104 valence electrons. The van der Waals surface area contributed by atoms with E-state index in [0.717, 1.165) is 0 Å². The molecule has 4 bridgehead atoms. The number of benzene rings is 2. The van der Waals surface area contributed by atoms with Gasteiger partial charge in [0.15, 0.2) is 0 Å². The lowest BCUT2D eigenvalue weighted by Gasteiger charge is -2.10. The Bertz CT molecular complexity index is 517. The largest absolute Gasteiger partial charge is 0.131 e. The minimum atomic E-state index is 1.18. The maximum absolute atomic E-state index is 2.30. The van der Waals surface area contributed by atoms with Gasteiger partial charge in [0.1, 0.15) is 23.0 Å². The van der Waals surface area contributed by atoms with Crippen LogP contribution in [0.4, 0.5) is 0 Å². The molecular formula is C18H22S2+2. The Labute approximate surface area is 130 Å². The van der Waals surface area contributed by atoms with Crippen molar-refractivity contribution in [1.29, 1.82) is 0 Å². The van der Waals surface area contributed by atoms with Crippen LogP contribution in [0.1, 0.15) is 33.4 Å². The van der Waals surface area contributed by atoms with Crippen LogP contribution in [0.25, 0.3) is 0 Å². The van der Waals surface area contributed by atoms with Crippen molar-refractivity contribution >= 4 is 23.5 Å². The number of hydrogen-bond acceptors (Lipinski definition) is 0. The molecule has 0 atom stereocenters. The number of fused-ring (bicyclic) bond motifs is 4. The van der Waals surface area contributed by atoms with Crippen molar-refractivity contribution in [3.8, 4) is 0 Å². The van der Waals surface area contributed by atoms with E-state index in [2.05, 4.69) is 50.2 Å². The number of hydrogen-bond donors (Lipinski definition) is 0. The van der Waals surface area contributed by atoms with Gasteiger partial charge in [-0.2, -0.15) is 0 Å². The van der Waals surface area contributed by atoms with Gasteiger partial charge in [0.2, 0.25) is 0 Å². The first-order valence-corrected chi connectivity index (χ1v) is 9.70. The van der Waals surface area contributed by atoms with Crippen LogP contribution in [0.5, 0.6) is 0 Å². The fourth-order valence-corrected chi connectivity index (χ4v) is 5.31. The summed E-state index contributed by atoms with van der Waals surface area (Å²) in [4.78, 5) is 0. The summed E-state index contributed by atoms with van der Waals surface area (Å²) < 4.78 is 0. The zero-order valence-corrected chi connectivity index (χ0v) is 14.0. The Hall–Kier alpha value is -0.860. The molecule has 0 radical (unpaired) electrons. The molecule has 1 aliphatic heterocycles. The van der Waals surface area contributed by atoms with Crippen molar-refractivity contribution in [3.05, 3.63) is 69.8 Å². The molecule has 0 aromatic heterocycles. The van der Waals surface area contributed by atoms with E-state index in [-0.39, 0.29) is 0 Å². The second kappa shape index (κ2) is 6.28. The van der Waals surface area contributed by atoms with Crippen LogP contribution in [0, 0.1) is 13.8 Å². The van der Waals surface area contributed by atoms with E-state index >= 15 is 0 Å². The van der Waals surface area contributed by atoms with Gasteiger partial charge in [-0.25, -0.2) is 0 Å². The highest BCUT2D eigenvalue weighted by Crippen LogP contribution is 2.21. The normalized spacial score (nSPS) is 15.3. The smallest absolute Gasteiger partial charge is 0.0613 e. The molecule has 0 spiro atoms. The van der Waals surface area contributed by atoms with Crippen LogP contribution in [0.2, 0.25) is 0 Å². The predicted molar refractivity (Wildman–Crippen MR) is 94.7 cm³/mol. The maximum Gasteiger partial charge on any atom is 0.131 e. The highest BCUT2D eigenvalue weighted by atomic mass is 32.2. The average molecular weight is 303 g/mol. The molecule has 20 heavy (non-hydrogen) atoms. The van der Waals surface area contributed by atoms with Crippen LogP contribution >= 0.6 is 0 Å². The van der Waals surface area contributed by atoms with Crippen molar-refractivity contribution in [2.45, 2.75) is 36.9 Å². The van der Waals surface area contributed by atoms with Crippen LogP contribution in [-0.2, 0) is 46.5 Å². The maximum atomic E-state index is 2.30. The van der Waals surface area contributed by atoms with E-state index in [4.69, 9.17) is 0 Å². The van der Waals surface area contributed by atoms with Gasteiger partial charge in [0, 0.05) is 22.3 Å². The van der Waals surface area contributed by atoms with Gasteiger partial charge < -0.3 is 0 Å². The highest BCUT2D eigenvalue weighted by Gasteiger charge is 2.15. The minimum Gasteiger partial charge on any atom is -0.0613 e. The Morgan fingerprint density at radius 3 is 1.20 bits per heavy atom. The molecule has 2 aromatic carbocycles. The topological polar surface area (TPSA) is 0 Å². The molecule has 0 fully saturated rings. The molecule has 0 aliphatic carbocycles. The van der Waals surface area contributed by atoms with Gasteiger partial charge in [0.05, 0.1) is 0 Å². The lowest BCUT2D eigenvalue weighted by molar-refractivity contribution is 1.19. The van der Waals surface area contributed by atoms with Crippen molar-refractivity contribution in [3.63, 3.8) is 0 Å². The predicted octanol–water partition coefficient (Wildman–Crippen LogP) is 3.65. The molecule has 1 aliphatic rings. The lowest BCUT2D eigenvalue weighted by Crippen LogP contribution is -2.04. The SMILES string of the molecule is Cc1c2cccc1C[SH+]Cc1cccc(c1C)C[SH+]C2. The molecule has 1 heterocycles. The summed E-state index contributed by atoms with van der Waals surface area (Å²) in [6.07, 6.45) is 0. The molecule has 0 N–H and O–H groups in total. The quantitative estimate of drug-likeness (QED) is 0.515. The summed E-state index contributed by atoms with van der Waals surface area (Å²) in [6, 6.07) is 13.7. The fraction of sp³-hybridized carbons (Fsp3) is 0.333. The first-order valence-electron chi connectivity index (χ1n) is 7.17. The molecule has 0 nitrogen and oxygen atoms in total. The molecular weight excluding hydrogens is 280 g/mol. The zero-order valence-electron chi connectivity index (χ0n) is 12.2. The molecule has 0 saturated carbocycles. The molecule has 0 saturated heterocycles. The van der Waals surface area contributed by atoms with Gasteiger partial charge in [-0.1, -0.05) is 36.4 Å². The Balaban J connectivity index is 1.93. The second-order valence-electron chi connectivity index (χ2n) is 5.48. The Kier molecular flexibility index (Phi) is 4.42. The fourth-order valence-electron chi connectivity index (χ4n) is 2.75. The standard InChI is InChI=1S/C18H20S2/c1-13-15-5-3-6-16(13)10-20-12-18-8-4-7-17(14(18)2)11-19-9-15/h3-8H,9-12H2,1-2H3/p+2. The summed E-state index contributed by atoms with van der Waals surface area (Å²) >= 11 is 3.03. The van der Waals surface area contributed by atoms with Crippen LogP contribution < -0.4 is 0 Å².